The third-order valence-corrected chi connectivity index (χ3v) is 2.09. The van der Waals surface area contributed by atoms with Gasteiger partial charge in [0.05, 0.1) is 12.7 Å². The molecule has 0 saturated carbocycles. The Labute approximate surface area is 92.0 Å². The maximum atomic E-state index is 11.2. The van der Waals surface area contributed by atoms with Crippen LogP contribution in [-0.4, -0.2) is 36.9 Å². The molecule has 0 bridgehead atoms. The number of ether oxygens (including phenoxy) is 1. The molecule has 0 aliphatic rings. The fourth-order valence-electron chi connectivity index (χ4n) is 1.08. The molecule has 0 aromatic carbocycles. The first-order chi connectivity index (χ1) is 7.20. The van der Waals surface area contributed by atoms with Crippen molar-refractivity contribution in [2.45, 2.75) is 45.6 Å². The highest BCUT2D eigenvalue weighted by atomic mass is 16.5. The average molecular weight is 217 g/mol. The number of rotatable bonds is 9. The molecule has 4 nitrogen and oxygen atoms in total. The molecule has 0 rings (SSSR count). The molecule has 0 aromatic rings. The average Bonchev–Trinajstić information content (AvgIpc) is 2.24. The highest BCUT2D eigenvalue weighted by Crippen LogP contribution is 1.94. The highest BCUT2D eigenvalue weighted by Gasteiger charge is 2.03. The lowest BCUT2D eigenvalue weighted by Gasteiger charge is -2.08. The summed E-state index contributed by atoms with van der Waals surface area (Å²) in [5, 5.41) is 12.0. The van der Waals surface area contributed by atoms with E-state index in [9.17, 15) is 9.90 Å². The van der Waals surface area contributed by atoms with E-state index < -0.39 is 0 Å². The Morgan fingerprint density at radius 1 is 1.40 bits per heavy atom. The summed E-state index contributed by atoms with van der Waals surface area (Å²) < 4.78 is 5.19. The number of amides is 1. The van der Waals surface area contributed by atoms with Gasteiger partial charge in [-0.1, -0.05) is 13.8 Å². The van der Waals surface area contributed by atoms with Crippen LogP contribution < -0.4 is 5.32 Å². The smallest absolute Gasteiger partial charge is 0.222 e. The fourth-order valence-corrected chi connectivity index (χ4v) is 1.08. The van der Waals surface area contributed by atoms with Crippen molar-refractivity contribution in [3.8, 4) is 0 Å². The van der Waals surface area contributed by atoms with Gasteiger partial charge in [0.15, 0.2) is 0 Å². The Morgan fingerprint density at radius 3 is 2.73 bits per heavy atom. The zero-order valence-electron chi connectivity index (χ0n) is 9.79. The number of aliphatic hydroxyl groups is 1. The van der Waals surface area contributed by atoms with Crippen LogP contribution in [0.25, 0.3) is 0 Å². The van der Waals surface area contributed by atoms with E-state index in [0.717, 1.165) is 12.8 Å². The van der Waals surface area contributed by atoms with Gasteiger partial charge in [0, 0.05) is 19.6 Å². The topological polar surface area (TPSA) is 58.6 Å². The van der Waals surface area contributed by atoms with Crippen LogP contribution in [0.3, 0.4) is 0 Å². The predicted molar refractivity (Wildman–Crippen MR) is 59.7 cm³/mol. The molecule has 0 heterocycles. The van der Waals surface area contributed by atoms with E-state index in [1.807, 2.05) is 13.8 Å². The van der Waals surface area contributed by atoms with Crippen molar-refractivity contribution < 1.29 is 14.6 Å². The molecule has 0 fully saturated rings. The van der Waals surface area contributed by atoms with Crippen molar-refractivity contribution >= 4 is 5.91 Å². The lowest BCUT2D eigenvalue weighted by atomic mass is 10.2. The molecule has 0 radical (unpaired) electrons. The first-order valence-electron chi connectivity index (χ1n) is 5.73. The number of aliphatic hydroxyl groups excluding tert-OH is 1. The molecule has 1 atom stereocenters. The summed E-state index contributed by atoms with van der Waals surface area (Å²) in [6.45, 7) is 5.69. The molecule has 0 saturated heterocycles. The molecule has 2 N–H and O–H groups in total. The van der Waals surface area contributed by atoms with Crippen molar-refractivity contribution in [1.82, 2.24) is 5.32 Å². The largest absolute Gasteiger partial charge is 0.393 e. The minimum atomic E-state index is -0.304. The Hall–Kier alpha value is -0.610. The van der Waals surface area contributed by atoms with Gasteiger partial charge in [-0.15, -0.1) is 0 Å². The monoisotopic (exact) mass is 217 g/mol. The van der Waals surface area contributed by atoms with Gasteiger partial charge in [-0.25, -0.2) is 0 Å². The summed E-state index contributed by atoms with van der Waals surface area (Å²) in [7, 11) is 0. The summed E-state index contributed by atoms with van der Waals surface area (Å²) in [5.74, 6) is -0.00518. The van der Waals surface area contributed by atoms with Gasteiger partial charge in [-0.2, -0.15) is 0 Å². The minimum Gasteiger partial charge on any atom is -0.393 e. The van der Waals surface area contributed by atoms with Gasteiger partial charge in [-0.05, 0) is 19.3 Å². The van der Waals surface area contributed by atoms with E-state index in [4.69, 9.17) is 4.74 Å². The molecule has 0 aromatic heterocycles. The number of hydrogen-bond acceptors (Lipinski definition) is 3. The van der Waals surface area contributed by atoms with Gasteiger partial charge in [-0.3, -0.25) is 4.79 Å². The first kappa shape index (κ1) is 14.4. The molecule has 0 aliphatic carbocycles. The number of hydrogen-bond donors (Lipinski definition) is 2. The van der Waals surface area contributed by atoms with Gasteiger partial charge in [0.25, 0.3) is 0 Å². The van der Waals surface area contributed by atoms with Crippen LogP contribution in [0.2, 0.25) is 0 Å². The molecule has 1 unspecified atom stereocenters. The van der Waals surface area contributed by atoms with E-state index >= 15 is 0 Å². The molecule has 15 heavy (non-hydrogen) atoms. The summed E-state index contributed by atoms with van der Waals surface area (Å²) >= 11 is 0. The fraction of sp³-hybridized carbons (Fsp3) is 0.909. The van der Waals surface area contributed by atoms with E-state index in [-0.39, 0.29) is 12.0 Å². The van der Waals surface area contributed by atoms with E-state index in [0.29, 0.717) is 32.6 Å². The number of carbonyl (C=O) groups is 1. The van der Waals surface area contributed by atoms with Crippen LogP contribution in [0.4, 0.5) is 0 Å². The summed E-state index contributed by atoms with van der Waals surface area (Å²) in [4.78, 5) is 11.2. The maximum Gasteiger partial charge on any atom is 0.222 e. The van der Waals surface area contributed by atoms with Gasteiger partial charge in [0.1, 0.15) is 0 Å². The number of carbonyl (C=O) groups excluding carboxylic acids is 1. The van der Waals surface area contributed by atoms with Crippen molar-refractivity contribution in [1.29, 1.82) is 0 Å². The van der Waals surface area contributed by atoms with Crippen molar-refractivity contribution in [3.05, 3.63) is 0 Å². The van der Waals surface area contributed by atoms with Crippen LogP contribution in [0.15, 0.2) is 0 Å². The predicted octanol–water partition coefficient (Wildman–Crippen LogP) is 1.08. The SMILES string of the molecule is CCCOCCC(=O)NCCC(O)CC. The van der Waals surface area contributed by atoms with E-state index in [2.05, 4.69) is 5.32 Å². The van der Waals surface area contributed by atoms with Gasteiger partial charge >= 0.3 is 0 Å². The summed E-state index contributed by atoms with van der Waals surface area (Å²) in [6.07, 6.45) is 2.43. The molecular weight excluding hydrogens is 194 g/mol. The lowest BCUT2D eigenvalue weighted by molar-refractivity contribution is -0.122. The Morgan fingerprint density at radius 2 is 2.13 bits per heavy atom. The standard InChI is InChI=1S/C11H23NO3/c1-3-8-15-9-6-11(14)12-7-5-10(13)4-2/h10,13H,3-9H2,1-2H3,(H,12,14). The zero-order valence-corrected chi connectivity index (χ0v) is 9.79. The third kappa shape index (κ3) is 9.69. The van der Waals surface area contributed by atoms with Crippen LogP contribution >= 0.6 is 0 Å². The maximum absolute atomic E-state index is 11.2. The second-order valence-electron chi connectivity index (χ2n) is 3.56. The highest BCUT2D eigenvalue weighted by molar-refractivity contribution is 5.75. The van der Waals surface area contributed by atoms with Crippen LogP contribution in [0.1, 0.15) is 39.5 Å². The van der Waals surface area contributed by atoms with Gasteiger partial charge < -0.3 is 15.2 Å². The summed E-state index contributed by atoms with van der Waals surface area (Å²) in [6, 6.07) is 0. The molecule has 1 amide bonds. The van der Waals surface area contributed by atoms with Crippen molar-refractivity contribution in [2.24, 2.45) is 0 Å². The van der Waals surface area contributed by atoms with Crippen LogP contribution in [0.5, 0.6) is 0 Å². The van der Waals surface area contributed by atoms with Gasteiger partial charge in [0.2, 0.25) is 5.91 Å². The Bertz CT molecular complexity index is 162. The second kappa shape index (κ2) is 9.93. The first-order valence-corrected chi connectivity index (χ1v) is 5.73. The second-order valence-corrected chi connectivity index (χ2v) is 3.56. The van der Waals surface area contributed by atoms with Crippen molar-refractivity contribution in [2.75, 3.05) is 19.8 Å². The molecule has 0 aliphatic heterocycles. The normalized spacial score (nSPS) is 12.5. The molecule has 0 spiro atoms. The summed E-state index contributed by atoms with van der Waals surface area (Å²) in [5.41, 5.74) is 0. The molecule has 4 heteroatoms. The molecule has 90 valence electrons. The number of nitrogens with one attached hydrogen (secondary N) is 1. The Kier molecular flexibility index (Phi) is 9.52. The van der Waals surface area contributed by atoms with Crippen LogP contribution in [0, 0.1) is 0 Å². The Balaban J connectivity index is 3.26. The molecular formula is C11H23NO3. The zero-order chi connectivity index (χ0) is 11.5. The third-order valence-electron chi connectivity index (χ3n) is 2.09. The van der Waals surface area contributed by atoms with Crippen LogP contribution in [-0.2, 0) is 9.53 Å². The quantitative estimate of drug-likeness (QED) is 0.568. The lowest BCUT2D eigenvalue weighted by Crippen LogP contribution is -2.27. The minimum absolute atomic E-state index is 0.00518. The van der Waals surface area contributed by atoms with E-state index in [1.165, 1.54) is 0 Å². The van der Waals surface area contributed by atoms with E-state index in [1.54, 1.807) is 0 Å². The van der Waals surface area contributed by atoms with Crippen molar-refractivity contribution in [3.63, 3.8) is 0 Å².